The fraction of sp³-hybridized carbons (Fsp3) is 0.444. The van der Waals surface area contributed by atoms with Crippen LogP contribution in [0.4, 0.5) is 0 Å². The van der Waals surface area contributed by atoms with Crippen LogP contribution in [-0.4, -0.2) is 41.1 Å². The average molecular weight is 329 g/mol. The minimum atomic E-state index is -0.677. The van der Waals surface area contributed by atoms with E-state index in [2.05, 4.69) is 0 Å². The molecule has 0 saturated heterocycles. The molecule has 126 valence electrons. The maximum Gasteiger partial charge on any atom is 0.338 e. The number of esters is 1. The van der Waals surface area contributed by atoms with Crippen molar-refractivity contribution in [3.05, 3.63) is 34.9 Å². The van der Waals surface area contributed by atoms with E-state index < -0.39 is 5.97 Å². The summed E-state index contributed by atoms with van der Waals surface area (Å²) in [5, 5.41) is 0. The highest BCUT2D eigenvalue weighted by molar-refractivity contribution is 6.22. The van der Waals surface area contributed by atoms with Gasteiger partial charge in [0.1, 0.15) is 6.61 Å². The molecule has 2 amide bonds. The molecule has 0 radical (unpaired) electrons. The second-order valence-corrected chi connectivity index (χ2v) is 6.31. The second-order valence-electron chi connectivity index (χ2n) is 6.31. The van der Waals surface area contributed by atoms with Crippen molar-refractivity contribution in [1.29, 1.82) is 0 Å². The van der Waals surface area contributed by atoms with E-state index in [0.717, 1.165) is 32.1 Å². The molecule has 0 atom stereocenters. The number of ketones is 1. The first kappa shape index (κ1) is 16.4. The fourth-order valence-corrected chi connectivity index (χ4v) is 3.31. The van der Waals surface area contributed by atoms with Crippen molar-refractivity contribution in [1.82, 2.24) is 4.90 Å². The van der Waals surface area contributed by atoms with Crippen molar-refractivity contribution in [2.45, 2.75) is 45.1 Å². The standard InChI is InChI=1S/C18H19NO5/c1-11(20)10-24-18(23)12-7-8-14-15(9-12)17(22)19(16(14)21)13-5-3-2-4-6-13/h7-9,13H,2-6,10H2,1H3. The lowest BCUT2D eigenvalue weighted by molar-refractivity contribution is -0.120. The van der Waals surface area contributed by atoms with Crippen molar-refractivity contribution in [2.24, 2.45) is 0 Å². The molecule has 0 unspecified atom stereocenters. The van der Waals surface area contributed by atoms with Crippen LogP contribution in [0.15, 0.2) is 18.2 Å². The molecule has 0 aromatic heterocycles. The van der Waals surface area contributed by atoms with Gasteiger partial charge in [0.05, 0.1) is 16.7 Å². The predicted molar refractivity (Wildman–Crippen MR) is 84.8 cm³/mol. The molecule has 1 aromatic rings. The van der Waals surface area contributed by atoms with Gasteiger partial charge in [0.15, 0.2) is 5.78 Å². The molecular weight excluding hydrogens is 310 g/mol. The van der Waals surface area contributed by atoms with Gasteiger partial charge in [-0.2, -0.15) is 0 Å². The van der Waals surface area contributed by atoms with Gasteiger partial charge in [-0.05, 0) is 38.0 Å². The van der Waals surface area contributed by atoms with Crippen LogP contribution in [-0.2, 0) is 9.53 Å². The minimum absolute atomic E-state index is 0.0562. The molecule has 1 aromatic carbocycles. The number of hydrogen-bond donors (Lipinski definition) is 0. The van der Waals surface area contributed by atoms with Crippen molar-refractivity contribution in [3.63, 3.8) is 0 Å². The molecule has 6 nitrogen and oxygen atoms in total. The topological polar surface area (TPSA) is 80.8 Å². The van der Waals surface area contributed by atoms with Crippen LogP contribution < -0.4 is 0 Å². The van der Waals surface area contributed by atoms with Crippen LogP contribution in [0, 0.1) is 0 Å². The van der Waals surface area contributed by atoms with Crippen LogP contribution in [0.1, 0.15) is 70.1 Å². The summed E-state index contributed by atoms with van der Waals surface area (Å²) in [5.41, 5.74) is 0.734. The molecule has 24 heavy (non-hydrogen) atoms. The lowest BCUT2D eigenvalue weighted by Crippen LogP contribution is -2.40. The first-order valence-corrected chi connectivity index (χ1v) is 8.17. The van der Waals surface area contributed by atoms with E-state index in [1.54, 1.807) is 0 Å². The Hall–Kier alpha value is -2.50. The molecule has 2 aliphatic rings. The van der Waals surface area contributed by atoms with Gasteiger partial charge in [0.2, 0.25) is 0 Å². The number of benzene rings is 1. The number of hydrogen-bond acceptors (Lipinski definition) is 5. The molecule has 6 heteroatoms. The second kappa shape index (κ2) is 6.55. The molecule has 1 aliphatic carbocycles. The summed E-state index contributed by atoms with van der Waals surface area (Å²) in [6.45, 7) is 1.01. The monoisotopic (exact) mass is 329 g/mol. The van der Waals surface area contributed by atoms with E-state index in [1.165, 1.54) is 30.0 Å². The van der Waals surface area contributed by atoms with Crippen LogP contribution in [0.2, 0.25) is 0 Å². The van der Waals surface area contributed by atoms with E-state index in [9.17, 15) is 19.2 Å². The molecule has 1 fully saturated rings. The minimum Gasteiger partial charge on any atom is -0.454 e. The third kappa shape index (κ3) is 2.96. The van der Waals surface area contributed by atoms with Gasteiger partial charge < -0.3 is 4.74 Å². The third-order valence-electron chi connectivity index (χ3n) is 4.50. The number of ether oxygens (including phenoxy) is 1. The van der Waals surface area contributed by atoms with E-state index in [4.69, 9.17) is 4.74 Å². The quantitative estimate of drug-likeness (QED) is 0.626. The lowest BCUT2D eigenvalue weighted by atomic mass is 9.94. The predicted octanol–water partition coefficient (Wildman–Crippen LogP) is 2.36. The van der Waals surface area contributed by atoms with Crippen LogP contribution in [0.5, 0.6) is 0 Å². The van der Waals surface area contributed by atoms with Crippen molar-refractivity contribution >= 4 is 23.6 Å². The van der Waals surface area contributed by atoms with Gasteiger partial charge in [-0.3, -0.25) is 19.3 Å². The Labute approximate surface area is 139 Å². The van der Waals surface area contributed by atoms with Gasteiger partial charge in [-0.1, -0.05) is 19.3 Å². The molecule has 3 rings (SSSR count). The summed E-state index contributed by atoms with van der Waals surface area (Å²) >= 11 is 0. The molecular formula is C18H19NO5. The maximum absolute atomic E-state index is 12.6. The Morgan fingerprint density at radius 2 is 1.75 bits per heavy atom. The summed E-state index contributed by atoms with van der Waals surface area (Å²) in [6.07, 6.45) is 4.82. The van der Waals surface area contributed by atoms with Crippen molar-refractivity contribution < 1.29 is 23.9 Å². The summed E-state index contributed by atoms with van der Waals surface area (Å²) in [7, 11) is 0. The maximum atomic E-state index is 12.6. The van der Waals surface area contributed by atoms with E-state index in [0.29, 0.717) is 5.56 Å². The molecule has 0 bridgehead atoms. The number of rotatable bonds is 4. The Bertz CT molecular complexity index is 718. The van der Waals surface area contributed by atoms with Gasteiger partial charge in [-0.15, -0.1) is 0 Å². The Kier molecular flexibility index (Phi) is 4.46. The number of amides is 2. The Morgan fingerprint density at radius 3 is 2.42 bits per heavy atom. The van der Waals surface area contributed by atoms with Gasteiger partial charge in [0.25, 0.3) is 11.8 Å². The molecule has 1 saturated carbocycles. The van der Waals surface area contributed by atoms with Crippen LogP contribution in [0.25, 0.3) is 0 Å². The summed E-state index contributed by atoms with van der Waals surface area (Å²) < 4.78 is 4.86. The van der Waals surface area contributed by atoms with Crippen LogP contribution >= 0.6 is 0 Å². The number of carbonyl (C=O) groups is 4. The highest BCUT2D eigenvalue weighted by Crippen LogP contribution is 2.31. The van der Waals surface area contributed by atoms with Crippen LogP contribution in [0.3, 0.4) is 0 Å². The molecule has 0 N–H and O–H groups in total. The number of fused-ring (bicyclic) bond motifs is 1. The summed E-state index contributed by atoms with van der Waals surface area (Å²) in [5.74, 6) is -1.57. The lowest BCUT2D eigenvalue weighted by Gasteiger charge is -2.29. The highest BCUT2D eigenvalue weighted by atomic mass is 16.5. The number of imide groups is 1. The third-order valence-corrected chi connectivity index (χ3v) is 4.50. The SMILES string of the molecule is CC(=O)COC(=O)c1ccc2c(c1)C(=O)N(C1CCCCC1)C2=O. The van der Waals surface area contributed by atoms with Gasteiger partial charge in [0, 0.05) is 6.04 Å². The first-order valence-electron chi connectivity index (χ1n) is 8.17. The van der Waals surface area contributed by atoms with Gasteiger partial charge >= 0.3 is 5.97 Å². The number of carbonyl (C=O) groups excluding carboxylic acids is 4. The molecule has 0 spiro atoms. The Balaban J connectivity index is 1.83. The molecule has 1 aliphatic heterocycles. The van der Waals surface area contributed by atoms with E-state index in [1.807, 2.05) is 0 Å². The zero-order valence-electron chi connectivity index (χ0n) is 13.5. The normalized spacial score (nSPS) is 17.8. The highest BCUT2D eigenvalue weighted by Gasteiger charge is 2.40. The van der Waals surface area contributed by atoms with E-state index >= 15 is 0 Å². The first-order chi connectivity index (χ1) is 11.5. The van der Waals surface area contributed by atoms with E-state index in [-0.39, 0.29) is 41.4 Å². The zero-order chi connectivity index (χ0) is 17.3. The zero-order valence-corrected chi connectivity index (χ0v) is 13.5. The number of Topliss-reactive ketones (excluding diaryl/α,β-unsaturated/α-hetero) is 1. The smallest absolute Gasteiger partial charge is 0.338 e. The summed E-state index contributed by atoms with van der Waals surface area (Å²) in [6, 6.07) is 4.28. The summed E-state index contributed by atoms with van der Waals surface area (Å²) in [4.78, 5) is 49.4. The largest absolute Gasteiger partial charge is 0.454 e. The Morgan fingerprint density at radius 1 is 1.08 bits per heavy atom. The van der Waals surface area contributed by atoms with Gasteiger partial charge in [-0.25, -0.2) is 4.79 Å². The van der Waals surface area contributed by atoms with Crippen molar-refractivity contribution in [2.75, 3.05) is 6.61 Å². The fourth-order valence-electron chi connectivity index (χ4n) is 3.31. The number of nitrogens with zero attached hydrogens (tertiary/aromatic N) is 1. The molecule has 1 heterocycles. The average Bonchev–Trinajstić information content (AvgIpc) is 2.84. The van der Waals surface area contributed by atoms with Crippen molar-refractivity contribution in [3.8, 4) is 0 Å².